The summed E-state index contributed by atoms with van der Waals surface area (Å²) in [4.78, 5) is 41.4. The lowest BCUT2D eigenvalue weighted by Crippen LogP contribution is -2.70. The Balaban J connectivity index is 1.58. The second-order valence-electron chi connectivity index (χ2n) is 20.0. The quantitative estimate of drug-likeness (QED) is 0.124. The zero-order chi connectivity index (χ0) is 49.5. The number of aldehydes is 1. The van der Waals surface area contributed by atoms with E-state index in [0.29, 0.717) is 12.0 Å². The summed E-state index contributed by atoms with van der Waals surface area (Å²) in [6, 6.07) is -0.684. The van der Waals surface area contributed by atoms with Crippen LogP contribution in [0.2, 0.25) is 0 Å². The van der Waals surface area contributed by atoms with Gasteiger partial charge in [0.15, 0.2) is 17.9 Å². The van der Waals surface area contributed by atoms with Crippen LogP contribution in [0.15, 0.2) is 23.8 Å². The zero-order valence-corrected chi connectivity index (χ0v) is 41.4. The summed E-state index contributed by atoms with van der Waals surface area (Å²) < 4.78 is 55.2. The molecule has 0 amide bonds. The van der Waals surface area contributed by atoms with Crippen LogP contribution >= 0.6 is 0 Å². The van der Waals surface area contributed by atoms with E-state index in [4.69, 9.17) is 42.6 Å². The third-order valence-electron chi connectivity index (χ3n) is 13.8. The van der Waals surface area contributed by atoms with Crippen molar-refractivity contribution >= 4 is 18.0 Å². The van der Waals surface area contributed by atoms with Gasteiger partial charge in [-0.2, -0.15) is 0 Å². The van der Waals surface area contributed by atoms with E-state index in [-0.39, 0.29) is 44.7 Å². The molecule has 3 fully saturated rings. The lowest BCUT2D eigenvalue weighted by Gasteiger charge is -2.55. The molecule has 18 heteroatoms. The standard InChI is InChI=1S/C48H81NO17/c1-14-35-32(23-60-45-42(59-13)41(58-12)39(54)28(4)62-45)19-26(2)15-16-34(52)27(3)20-31(17-18-50)36(21-33(51)22-37(53)63-35)61-25-47(8)44(56)38(49(10)11)40(29(5)64-47)66-48(9)24-46(7,57)43(55)30(6)65-48/h15-16,18-19,27-33,35-36,38-45,51,54-57H,14,17,20-25H2,1-13H3. The number of nitrogens with zero attached hydrogens (tertiary/aromatic N) is 1. The molecule has 0 spiro atoms. The normalized spacial score (nSPS) is 44.8. The minimum atomic E-state index is -1.51. The van der Waals surface area contributed by atoms with Crippen LogP contribution in [0.3, 0.4) is 0 Å². The van der Waals surface area contributed by atoms with Crippen LogP contribution in [0.5, 0.6) is 0 Å². The summed E-state index contributed by atoms with van der Waals surface area (Å²) >= 11 is 0. The number of aliphatic hydroxyl groups excluding tert-OH is 4. The molecule has 4 rings (SSSR count). The monoisotopic (exact) mass is 944 g/mol. The number of allylic oxidation sites excluding steroid dienone is 3. The zero-order valence-electron chi connectivity index (χ0n) is 41.4. The molecule has 0 saturated carbocycles. The van der Waals surface area contributed by atoms with Crippen molar-refractivity contribution in [3.8, 4) is 0 Å². The molecule has 3 saturated heterocycles. The molecule has 0 bridgehead atoms. The maximum absolute atomic E-state index is 13.7. The number of hydrogen-bond acceptors (Lipinski definition) is 18. The van der Waals surface area contributed by atoms with Gasteiger partial charge in [0.25, 0.3) is 0 Å². The van der Waals surface area contributed by atoms with Gasteiger partial charge in [0, 0.05) is 45.3 Å². The molecule has 0 aromatic rings. The Morgan fingerprint density at radius 1 is 0.879 bits per heavy atom. The fourth-order valence-electron chi connectivity index (χ4n) is 10.2. The third kappa shape index (κ3) is 14.0. The number of ether oxygens (including phenoxy) is 9. The summed E-state index contributed by atoms with van der Waals surface area (Å²) in [6.07, 6.45) is -5.70. The van der Waals surface area contributed by atoms with Crippen LogP contribution in [-0.4, -0.2) is 193 Å². The van der Waals surface area contributed by atoms with Crippen molar-refractivity contribution in [1.29, 1.82) is 0 Å². The molecule has 4 heterocycles. The highest BCUT2D eigenvalue weighted by atomic mass is 16.7. The fraction of sp³-hybridized carbons (Fsp3) is 0.854. The summed E-state index contributed by atoms with van der Waals surface area (Å²) in [5.41, 5.74) is -2.18. The van der Waals surface area contributed by atoms with Gasteiger partial charge in [0.2, 0.25) is 0 Å². The highest BCUT2D eigenvalue weighted by Gasteiger charge is 2.57. The van der Waals surface area contributed by atoms with E-state index in [2.05, 4.69) is 0 Å². The number of methoxy groups -OCH3 is 2. The number of aliphatic hydroxyl groups is 5. The number of likely N-dealkylation sites (N-methyl/N-ethyl adjacent to an activating group) is 1. The molecule has 4 aliphatic heterocycles. The minimum Gasteiger partial charge on any atom is -0.462 e. The minimum absolute atomic E-state index is 0.00231. The van der Waals surface area contributed by atoms with Gasteiger partial charge < -0.3 is 77.9 Å². The predicted octanol–water partition coefficient (Wildman–Crippen LogP) is 2.41. The molecular weight excluding hydrogens is 863 g/mol. The van der Waals surface area contributed by atoms with Gasteiger partial charge in [-0.1, -0.05) is 31.6 Å². The number of carbonyl (C=O) groups excluding carboxylic acids is 3. The molecule has 5 N–H and O–H groups in total. The Kier molecular flexibility index (Phi) is 20.5. The van der Waals surface area contributed by atoms with Gasteiger partial charge in [-0.3, -0.25) is 9.59 Å². The van der Waals surface area contributed by atoms with Crippen molar-refractivity contribution in [2.75, 3.05) is 41.5 Å². The lowest BCUT2D eigenvalue weighted by molar-refractivity contribution is -0.367. The molecule has 20 atom stereocenters. The van der Waals surface area contributed by atoms with Gasteiger partial charge in [-0.05, 0) is 87.4 Å². The van der Waals surface area contributed by atoms with Gasteiger partial charge in [-0.15, -0.1) is 0 Å². The Morgan fingerprint density at radius 3 is 2.14 bits per heavy atom. The highest BCUT2D eigenvalue weighted by Crippen LogP contribution is 2.42. The molecule has 20 unspecified atom stereocenters. The summed E-state index contributed by atoms with van der Waals surface area (Å²) in [5.74, 6) is -3.89. The predicted molar refractivity (Wildman–Crippen MR) is 240 cm³/mol. The van der Waals surface area contributed by atoms with Gasteiger partial charge in [0.05, 0.1) is 61.8 Å². The number of rotatable bonds is 14. The maximum atomic E-state index is 13.7. The Bertz CT molecular complexity index is 1640. The van der Waals surface area contributed by atoms with E-state index in [0.717, 1.165) is 6.29 Å². The average molecular weight is 944 g/mol. The topological polar surface area (TPSA) is 239 Å². The first-order chi connectivity index (χ1) is 30.8. The summed E-state index contributed by atoms with van der Waals surface area (Å²) in [5, 5.41) is 56.0. The van der Waals surface area contributed by atoms with Crippen LogP contribution in [0.25, 0.3) is 0 Å². The molecule has 0 aromatic heterocycles. The van der Waals surface area contributed by atoms with E-state index in [1.54, 1.807) is 61.7 Å². The van der Waals surface area contributed by atoms with Crippen molar-refractivity contribution < 1.29 is 82.5 Å². The van der Waals surface area contributed by atoms with E-state index in [1.807, 2.05) is 24.8 Å². The Labute approximate surface area is 391 Å². The number of esters is 1. The Morgan fingerprint density at radius 2 is 1.55 bits per heavy atom. The SMILES string of the molecule is CCC1OC(=O)CC(O)CC(OCC2(C)OC(C)C(OC3(C)CC(C)(O)C(O)C(C)O3)C(N(C)C)C2O)C(CC=O)CC(C)C(=O)C=CC(C)=CC1COC1OC(C)C(O)C(OC)C1OC. The third-order valence-corrected chi connectivity index (χ3v) is 13.8. The maximum Gasteiger partial charge on any atom is 0.308 e. The molecular formula is C48H81NO17. The van der Waals surface area contributed by atoms with Crippen LogP contribution in [0, 0.1) is 17.8 Å². The molecule has 0 aliphatic carbocycles. The molecule has 0 aromatic carbocycles. The van der Waals surface area contributed by atoms with Gasteiger partial charge in [0.1, 0.15) is 54.6 Å². The smallest absolute Gasteiger partial charge is 0.308 e. The Hall–Kier alpha value is -2.27. The lowest BCUT2D eigenvalue weighted by atomic mass is 9.82. The largest absolute Gasteiger partial charge is 0.462 e. The highest BCUT2D eigenvalue weighted by molar-refractivity contribution is 5.91. The second-order valence-corrected chi connectivity index (χ2v) is 20.0. The van der Waals surface area contributed by atoms with Gasteiger partial charge >= 0.3 is 5.97 Å². The number of hydrogen-bond donors (Lipinski definition) is 5. The van der Waals surface area contributed by atoms with Crippen LogP contribution in [0.4, 0.5) is 0 Å². The van der Waals surface area contributed by atoms with Crippen molar-refractivity contribution in [3.05, 3.63) is 23.8 Å². The first-order valence-corrected chi connectivity index (χ1v) is 23.5. The van der Waals surface area contributed by atoms with E-state index in [1.165, 1.54) is 27.2 Å². The second kappa shape index (κ2) is 24.0. The molecule has 0 radical (unpaired) electrons. The summed E-state index contributed by atoms with van der Waals surface area (Å²) in [6.45, 7) is 15.3. The molecule has 380 valence electrons. The van der Waals surface area contributed by atoms with Crippen LogP contribution in [0.1, 0.15) is 101 Å². The van der Waals surface area contributed by atoms with Gasteiger partial charge in [-0.25, -0.2) is 0 Å². The molecule has 18 nitrogen and oxygen atoms in total. The van der Waals surface area contributed by atoms with Crippen molar-refractivity contribution in [2.24, 2.45) is 17.8 Å². The first kappa shape index (κ1) is 56.3. The first-order valence-electron chi connectivity index (χ1n) is 23.5. The van der Waals surface area contributed by atoms with Crippen LogP contribution < -0.4 is 0 Å². The van der Waals surface area contributed by atoms with Crippen molar-refractivity contribution in [2.45, 2.75) is 203 Å². The van der Waals surface area contributed by atoms with E-state index in [9.17, 15) is 39.9 Å². The van der Waals surface area contributed by atoms with Crippen molar-refractivity contribution in [3.63, 3.8) is 0 Å². The number of ketones is 1. The van der Waals surface area contributed by atoms with E-state index >= 15 is 0 Å². The fourth-order valence-corrected chi connectivity index (χ4v) is 10.2. The van der Waals surface area contributed by atoms with Crippen LogP contribution in [-0.2, 0) is 57.0 Å². The summed E-state index contributed by atoms with van der Waals surface area (Å²) in [7, 11) is 6.52. The number of carbonyl (C=O) groups is 3. The van der Waals surface area contributed by atoms with E-state index < -0.39 is 133 Å². The molecule has 4 aliphatic rings. The number of cyclic esters (lactones) is 1. The molecule has 66 heavy (non-hydrogen) atoms. The van der Waals surface area contributed by atoms with Crippen molar-refractivity contribution in [1.82, 2.24) is 4.90 Å². The average Bonchev–Trinajstić information content (AvgIpc) is 3.23.